The molecule has 0 aromatic heterocycles. The van der Waals surface area contributed by atoms with Gasteiger partial charge >= 0.3 is 0 Å². The molecule has 4 heteroatoms. The highest BCUT2D eigenvalue weighted by Gasteiger charge is 2.12. The van der Waals surface area contributed by atoms with Gasteiger partial charge in [0.15, 0.2) is 12.4 Å². The number of carbonyl (C=O) groups excluding carboxylic acids is 1. The van der Waals surface area contributed by atoms with Crippen LogP contribution in [0, 0.1) is 13.8 Å². The fourth-order valence-corrected chi connectivity index (χ4v) is 2.23. The highest BCUT2D eigenvalue weighted by Crippen LogP contribution is 2.24. The van der Waals surface area contributed by atoms with E-state index in [1.807, 2.05) is 74.6 Å². The van der Waals surface area contributed by atoms with Gasteiger partial charge in [0.2, 0.25) is 0 Å². The summed E-state index contributed by atoms with van der Waals surface area (Å²) in [5.41, 5.74) is 3.46. The van der Waals surface area contributed by atoms with Crippen molar-refractivity contribution in [1.29, 1.82) is 0 Å². The summed E-state index contributed by atoms with van der Waals surface area (Å²) in [5, 5.41) is 0. The molecule has 0 aliphatic rings. The number of hydrogen-bond donors (Lipinski definition) is 0. The molecule has 0 saturated heterocycles. The second-order valence-electron chi connectivity index (χ2n) is 5.80. The van der Waals surface area contributed by atoms with Gasteiger partial charge in [-0.25, -0.2) is 4.99 Å². The minimum Gasteiger partial charge on any atom is -0.485 e. The van der Waals surface area contributed by atoms with E-state index in [1.54, 1.807) is 0 Å². The number of benzene rings is 2. The summed E-state index contributed by atoms with van der Waals surface area (Å²) in [4.78, 5) is 18.9. The first-order valence-electron chi connectivity index (χ1n) is 8.08. The van der Waals surface area contributed by atoms with Gasteiger partial charge in [0.1, 0.15) is 5.75 Å². The SMILES string of the molecule is CCN(C)C=Nc1cc(C)c(C(=O)COc2ccccc2)cc1C. The van der Waals surface area contributed by atoms with Crippen molar-refractivity contribution in [3.8, 4) is 5.75 Å². The lowest BCUT2D eigenvalue weighted by molar-refractivity contribution is 0.0921. The molecule has 0 N–H and O–H groups in total. The van der Waals surface area contributed by atoms with Gasteiger partial charge in [-0.05, 0) is 56.2 Å². The molecule has 0 amide bonds. The smallest absolute Gasteiger partial charge is 0.200 e. The molecule has 0 saturated carbocycles. The molecular weight excluding hydrogens is 300 g/mol. The van der Waals surface area contributed by atoms with E-state index in [0.717, 1.165) is 23.4 Å². The normalized spacial score (nSPS) is 10.8. The zero-order chi connectivity index (χ0) is 17.5. The molecule has 24 heavy (non-hydrogen) atoms. The van der Waals surface area contributed by atoms with Crippen LogP contribution in [-0.2, 0) is 0 Å². The van der Waals surface area contributed by atoms with E-state index in [0.29, 0.717) is 11.3 Å². The molecule has 0 unspecified atom stereocenters. The Morgan fingerprint density at radius 1 is 1.17 bits per heavy atom. The van der Waals surface area contributed by atoms with Gasteiger partial charge < -0.3 is 9.64 Å². The zero-order valence-electron chi connectivity index (χ0n) is 14.7. The molecule has 0 radical (unpaired) electrons. The van der Waals surface area contributed by atoms with E-state index in [4.69, 9.17) is 4.74 Å². The predicted molar refractivity (Wildman–Crippen MR) is 98.6 cm³/mol. The van der Waals surface area contributed by atoms with Crippen molar-refractivity contribution in [3.05, 3.63) is 59.2 Å². The van der Waals surface area contributed by atoms with E-state index in [9.17, 15) is 4.79 Å². The number of aliphatic imine (C=N–C) groups is 1. The van der Waals surface area contributed by atoms with Crippen molar-refractivity contribution in [3.63, 3.8) is 0 Å². The van der Waals surface area contributed by atoms with Crippen LogP contribution in [0.5, 0.6) is 5.75 Å². The molecule has 0 fully saturated rings. The predicted octanol–water partition coefficient (Wildman–Crippen LogP) is 4.18. The monoisotopic (exact) mass is 324 g/mol. The third-order valence-corrected chi connectivity index (χ3v) is 3.85. The van der Waals surface area contributed by atoms with Crippen LogP contribution in [0.25, 0.3) is 0 Å². The molecule has 0 aliphatic carbocycles. The number of ether oxygens (including phenoxy) is 1. The van der Waals surface area contributed by atoms with E-state index in [-0.39, 0.29) is 12.4 Å². The summed E-state index contributed by atoms with van der Waals surface area (Å²) in [6, 6.07) is 13.2. The third-order valence-electron chi connectivity index (χ3n) is 3.85. The van der Waals surface area contributed by atoms with Crippen LogP contribution in [0.2, 0.25) is 0 Å². The molecule has 0 aliphatic heterocycles. The molecule has 2 aromatic carbocycles. The van der Waals surface area contributed by atoms with Crippen molar-refractivity contribution in [2.45, 2.75) is 20.8 Å². The summed E-state index contributed by atoms with van der Waals surface area (Å²) in [6.07, 6.45) is 1.81. The van der Waals surface area contributed by atoms with Gasteiger partial charge in [0.25, 0.3) is 0 Å². The van der Waals surface area contributed by atoms with E-state index in [2.05, 4.69) is 11.9 Å². The lowest BCUT2D eigenvalue weighted by Gasteiger charge is -2.12. The highest BCUT2D eigenvalue weighted by atomic mass is 16.5. The lowest BCUT2D eigenvalue weighted by Crippen LogP contribution is -2.14. The van der Waals surface area contributed by atoms with Crippen LogP contribution in [-0.4, -0.2) is 37.2 Å². The van der Waals surface area contributed by atoms with Crippen molar-refractivity contribution in [2.24, 2.45) is 4.99 Å². The topological polar surface area (TPSA) is 41.9 Å². The maximum atomic E-state index is 12.4. The maximum Gasteiger partial charge on any atom is 0.200 e. The van der Waals surface area contributed by atoms with Gasteiger partial charge in [0.05, 0.1) is 12.0 Å². The fourth-order valence-electron chi connectivity index (χ4n) is 2.23. The quantitative estimate of drug-likeness (QED) is 0.436. The minimum atomic E-state index is -0.0272. The highest BCUT2D eigenvalue weighted by molar-refractivity contribution is 5.99. The third kappa shape index (κ3) is 4.69. The Balaban J connectivity index is 2.11. The summed E-state index contributed by atoms with van der Waals surface area (Å²) in [7, 11) is 1.98. The van der Waals surface area contributed by atoms with Gasteiger partial charge in [-0.1, -0.05) is 18.2 Å². The number of aryl methyl sites for hydroxylation is 2. The average Bonchev–Trinajstić information content (AvgIpc) is 2.60. The van der Waals surface area contributed by atoms with Crippen molar-refractivity contribution >= 4 is 17.8 Å². The molecule has 0 atom stereocenters. The Morgan fingerprint density at radius 2 is 1.88 bits per heavy atom. The second kappa shape index (κ2) is 8.29. The van der Waals surface area contributed by atoms with E-state index in [1.165, 1.54) is 0 Å². The number of ketones is 1. The van der Waals surface area contributed by atoms with Crippen LogP contribution in [0.3, 0.4) is 0 Å². The first kappa shape index (κ1) is 17.7. The van der Waals surface area contributed by atoms with Crippen LogP contribution in [0.15, 0.2) is 47.5 Å². The molecule has 126 valence electrons. The second-order valence-corrected chi connectivity index (χ2v) is 5.80. The Kier molecular flexibility index (Phi) is 6.13. The Hall–Kier alpha value is -2.62. The number of nitrogens with zero attached hydrogens (tertiary/aromatic N) is 2. The van der Waals surface area contributed by atoms with Crippen LogP contribution >= 0.6 is 0 Å². The molecular formula is C20H24N2O2. The summed E-state index contributed by atoms with van der Waals surface area (Å²) < 4.78 is 5.55. The van der Waals surface area contributed by atoms with Crippen molar-refractivity contribution in [2.75, 3.05) is 20.2 Å². The van der Waals surface area contributed by atoms with Gasteiger partial charge in [-0.15, -0.1) is 0 Å². The first-order chi connectivity index (χ1) is 11.5. The van der Waals surface area contributed by atoms with Crippen LogP contribution < -0.4 is 4.74 Å². The van der Waals surface area contributed by atoms with Crippen LogP contribution in [0.1, 0.15) is 28.4 Å². The number of rotatable bonds is 7. The summed E-state index contributed by atoms with van der Waals surface area (Å²) in [6.45, 7) is 6.89. The fraction of sp³-hybridized carbons (Fsp3) is 0.300. The van der Waals surface area contributed by atoms with E-state index < -0.39 is 0 Å². The number of para-hydroxylation sites is 1. The van der Waals surface area contributed by atoms with Crippen molar-refractivity contribution < 1.29 is 9.53 Å². The minimum absolute atomic E-state index is 0.0272. The molecule has 0 heterocycles. The molecule has 2 rings (SSSR count). The summed E-state index contributed by atoms with van der Waals surface area (Å²) in [5.74, 6) is 0.671. The van der Waals surface area contributed by atoms with Gasteiger partial charge in [0, 0.05) is 19.2 Å². The molecule has 4 nitrogen and oxygen atoms in total. The molecule has 0 spiro atoms. The van der Waals surface area contributed by atoms with E-state index >= 15 is 0 Å². The van der Waals surface area contributed by atoms with Crippen LogP contribution in [0.4, 0.5) is 5.69 Å². The molecule has 0 bridgehead atoms. The Bertz CT molecular complexity index is 724. The summed E-state index contributed by atoms with van der Waals surface area (Å²) >= 11 is 0. The van der Waals surface area contributed by atoms with Gasteiger partial charge in [-0.2, -0.15) is 0 Å². The number of Topliss-reactive ketones (excluding diaryl/α,β-unsaturated/α-hetero) is 1. The maximum absolute atomic E-state index is 12.4. The largest absolute Gasteiger partial charge is 0.485 e. The first-order valence-corrected chi connectivity index (χ1v) is 8.08. The Morgan fingerprint density at radius 3 is 2.54 bits per heavy atom. The lowest BCUT2D eigenvalue weighted by atomic mass is 10.0. The molecule has 2 aromatic rings. The average molecular weight is 324 g/mol. The Labute approximate surface area is 143 Å². The number of hydrogen-bond acceptors (Lipinski definition) is 3. The number of carbonyl (C=O) groups is 1. The zero-order valence-corrected chi connectivity index (χ0v) is 14.7. The van der Waals surface area contributed by atoms with Gasteiger partial charge in [-0.3, -0.25) is 4.79 Å². The van der Waals surface area contributed by atoms with Crippen molar-refractivity contribution in [1.82, 2.24) is 4.90 Å². The standard InChI is InChI=1S/C20H24N2O2/c1-5-22(4)14-21-19-12-15(2)18(11-16(19)3)20(23)13-24-17-9-7-6-8-10-17/h6-12,14H,5,13H2,1-4H3.